The van der Waals surface area contributed by atoms with Crippen molar-refractivity contribution in [1.29, 1.82) is 0 Å². The Bertz CT molecular complexity index is 489. The number of hydrogen-bond donors (Lipinski definition) is 2. The second-order valence-corrected chi connectivity index (χ2v) is 4.90. The molecule has 122 valence electrons. The van der Waals surface area contributed by atoms with Gasteiger partial charge in [0.05, 0.1) is 12.5 Å². The molecule has 0 saturated carbocycles. The maximum Gasteiger partial charge on any atom is 0.308 e. The number of carboxylic acid groups (broad SMARTS) is 1. The van der Waals surface area contributed by atoms with Gasteiger partial charge in [0.25, 0.3) is 5.91 Å². The van der Waals surface area contributed by atoms with Gasteiger partial charge in [0.1, 0.15) is 12.4 Å². The normalized spacial score (nSPS) is 11.7. The first-order valence-corrected chi connectivity index (χ1v) is 7.31. The van der Waals surface area contributed by atoms with E-state index >= 15 is 0 Å². The predicted molar refractivity (Wildman–Crippen MR) is 82.2 cm³/mol. The number of carboxylic acids is 1. The zero-order valence-electron chi connectivity index (χ0n) is 13.0. The first kappa shape index (κ1) is 18.0. The number of rotatable bonds is 10. The highest BCUT2D eigenvalue weighted by Crippen LogP contribution is 2.13. The molecule has 0 bridgehead atoms. The van der Waals surface area contributed by atoms with Crippen LogP contribution in [0.15, 0.2) is 24.3 Å². The summed E-state index contributed by atoms with van der Waals surface area (Å²) in [5.74, 6) is -1.18. The molecule has 0 radical (unpaired) electrons. The Hall–Kier alpha value is -2.08. The van der Waals surface area contributed by atoms with Gasteiger partial charge >= 0.3 is 5.97 Å². The number of hydrogen-bond acceptors (Lipinski definition) is 4. The van der Waals surface area contributed by atoms with E-state index in [1.165, 1.54) is 0 Å². The van der Waals surface area contributed by atoms with E-state index in [9.17, 15) is 9.59 Å². The summed E-state index contributed by atoms with van der Waals surface area (Å²) in [6.45, 7) is 2.91. The number of methoxy groups -OCH3 is 1. The summed E-state index contributed by atoms with van der Waals surface area (Å²) in [6.07, 6.45) is 1.30. The monoisotopic (exact) mass is 309 g/mol. The van der Waals surface area contributed by atoms with E-state index in [1.807, 2.05) is 6.92 Å². The molecule has 1 amide bonds. The minimum atomic E-state index is -0.890. The van der Waals surface area contributed by atoms with E-state index in [0.29, 0.717) is 30.9 Å². The molecule has 0 spiro atoms. The summed E-state index contributed by atoms with van der Waals surface area (Å²) in [6, 6.07) is 6.76. The van der Waals surface area contributed by atoms with Crippen LogP contribution in [-0.2, 0) is 9.53 Å². The number of benzene rings is 1. The smallest absolute Gasteiger partial charge is 0.308 e. The lowest BCUT2D eigenvalue weighted by Gasteiger charge is -2.13. The Morgan fingerprint density at radius 2 is 2.09 bits per heavy atom. The second kappa shape index (κ2) is 9.78. The van der Waals surface area contributed by atoms with Crippen LogP contribution in [0.1, 0.15) is 30.1 Å². The van der Waals surface area contributed by atoms with Crippen molar-refractivity contribution in [2.75, 3.05) is 26.9 Å². The van der Waals surface area contributed by atoms with Gasteiger partial charge < -0.3 is 19.9 Å². The van der Waals surface area contributed by atoms with Gasteiger partial charge in [-0.2, -0.15) is 0 Å². The number of nitrogens with one attached hydrogen (secondary N) is 1. The van der Waals surface area contributed by atoms with E-state index in [2.05, 4.69) is 5.32 Å². The number of carbonyl (C=O) groups is 2. The van der Waals surface area contributed by atoms with Crippen LogP contribution < -0.4 is 10.1 Å². The Labute approximate surface area is 130 Å². The fraction of sp³-hybridized carbons (Fsp3) is 0.500. The lowest BCUT2D eigenvalue weighted by atomic mass is 10.0. The fourth-order valence-electron chi connectivity index (χ4n) is 1.95. The molecule has 0 aliphatic heterocycles. The van der Waals surface area contributed by atoms with Gasteiger partial charge in [-0.1, -0.05) is 19.4 Å². The average molecular weight is 309 g/mol. The first-order chi connectivity index (χ1) is 10.6. The van der Waals surface area contributed by atoms with E-state index < -0.39 is 11.9 Å². The molecule has 6 nitrogen and oxygen atoms in total. The van der Waals surface area contributed by atoms with Gasteiger partial charge in [-0.3, -0.25) is 9.59 Å². The summed E-state index contributed by atoms with van der Waals surface area (Å²) in [5.41, 5.74) is 0.440. The van der Waals surface area contributed by atoms with Gasteiger partial charge in [0.2, 0.25) is 0 Å². The third-order valence-corrected chi connectivity index (χ3v) is 3.15. The van der Waals surface area contributed by atoms with E-state index in [4.69, 9.17) is 14.6 Å². The molecule has 1 aromatic carbocycles. The minimum Gasteiger partial charge on any atom is -0.491 e. The third kappa shape index (κ3) is 6.13. The van der Waals surface area contributed by atoms with Crippen LogP contribution in [0.4, 0.5) is 0 Å². The topological polar surface area (TPSA) is 84.9 Å². The third-order valence-electron chi connectivity index (χ3n) is 3.15. The Morgan fingerprint density at radius 1 is 1.32 bits per heavy atom. The summed E-state index contributed by atoms with van der Waals surface area (Å²) < 4.78 is 10.3. The summed E-state index contributed by atoms with van der Waals surface area (Å²) >= 11 is 0. The van der Waals surface area contributed by atoms with Crippen molar-refractivity contribution in [2.45, 2.75) is 19.8 Å². The molecule has 2 N–H and O–H groups in total. The number of ether oxygens (including phenoxy) is 2. The zero-order valence-corrected chi connectivity index (χ0v) is 13.0. The highest BCUT2D eigenvalue weighted by molar-refractivity contribution is 5.94. The maximum atomic E-state index is 12.1. The van der Waals surface area contributed by atoms with Crippen LogP contribution in [0.25, 0.3) is 0 Å². The van der Waals surface area contributed by atoms with E-state index in [0.717, 1.165) is 6.42 Å². The fourth-order valence-corrected chi connectivity index (χ4v) is 1.95. The molecule has 0 fully saturated rings. The molecule has 0 heterocycles. The van der Waals surface area contributed by atoms with Crippen molar-refractivity contribution in [3.8, 4) is 5.75 Å². The Balaban J connectivity index is 2.57. The predicted octanol–water partition coefficient (Wildman–Crippen LogP) is 1.94. The summed E-state index contributed by atoms with van der Waals surface area (Å²) in [4.78, 5) is 23.1. The quantitative estimate of drug-likeness (QED) is 0.645. The Kier molecular flexibility index (Phi) is 7.99. The molecule has 0 aromatic heterocycles. The van der Waals surface area contributed by atoms with Gasteiger partial charge in [0, 0.05) is 19.2 Å². The highest BCUT2D eigenvalue weighted by atomic mass is 16.5. The standard InChI is InChI=1S/C16H23NO5/c1-3-5-13(16(19)20)11-17-15(18)12-6-4-7-14(10-12)22-9-8-21-2/h4,6-7,10,13H,3,5,8-9,11H2,1-2H3,(H,17,18)(H,19,20). The van der Waals surface area contributed by atoms with Gasteiger partial charge in [0.15, 0.2) is 0 Å². The molecule has 1 atom stereocenters. The van der Waals surface area contributed by atoms with Crippen LogP contribution in [0.2, 0.25) is 0 Å². The highest BCUT2D eigenvalue weighted by Gasteiger charge is 2.17. The van der Waals surface area contributed by atoms with Gasteiger partial charge in [-0.05, 0) is 24.6 Å². The average Bonchev–Trinajstić information content (AvgIpc) is 2.51. The molecule has 1 unspecified atom stereocenters. The van der Waals surface area contributed by atoms with Crippen LogP contribution in [0, 0.1) is 5.92 Å². The number of carbonyl (C=O) groups excluding carboxylic acids is 1. The summed E-state index contributed by atoms with van der Waals surface area (Å²) in [7, 11) is 1.59. The van der Waals surface area contributed by atoms with Crippen molar-refractivity contribution in [3.05, 3.63) is 29.8 Å². The lowest BCUT2D eigenvalue weighted by molar-refractivity contribution is -0.141. The van der Waals surface area contributed by atoms with Crippen molar-refractivity contribution >= 4 is 11.9 Å². The van der Waals surface area contributed by atoms with E-state index in [1.54, 1.807) is 31.4 Å². The molecule has 0 aliphatic carbocycles. The van der Waals surface area contributed by atoms with Crippen molar-refractivity contribution < 1.29 is 24.2 Å². The van der Waals surface area contributed by atoms with E-state index in [-0.39, 0.29) is 12.5 Å². The maximum absolute atomic E-state index is 12.1. The van der Waals surface area contributed by atoms with Crippen molar-refractivity contribution in [1.82, 2.24) is 5.32 Å². The van der Waals surface area contributed by atoms with Crippen LogP contribution >= 0.6 is 0 Å². The first-order valence-electron chi connectivity index (χ1n) is 7.31. The van der Waals surface area contributed by atoms with Gasteiger partial charge in [-0.15, -0.1) is 0 Å². The number of aliphatic carboxylic acids is 1. The van der Waals surface area contributed by atoms with Crippen molar-refractivity contribution in [2.24, 2.45) is 5.92 Å². The largest absolute Gasteiger partial charge is 0.491 e. The van der Waals surface area contributed by atoms with Gasteiger partial charge in [-0.25, -0.2) is 0 Å². The van der Waals surface area contributed by atoms with Crippen molar-refractivity contribution in [3.63, 3.8) is 0 Å². The van der Waals surface area contributed by atoms with Crippen LogP contribution in [-0.4, -0.2) is 43.9 Å². The Morgan fingerprint density at radius 3 is 2.73 bits per heavy atom. The summed E-state index contributed by atoms with van der Waals surface area (Å²) in [5, 5.41) is 11.7. The zero-order chi connectivity index (χ0) is 16.4. The molecule has 1 rings (SSSR count). The molecule has 6 heteroatoms. The minimum absolute atomic E-state index is 0.122. The molecular weight excluding hydrogens is 286 g/mol. The lowest BCUT2D eigenvalue weighted by Crippen LogP contribution is -2.32. The molecule has 0 aliphatic rings. The molecule has 22 heavy (non-hydrogen) atoms. The molecule has 1 aromatic rings. The number of amides is 1. The van der Waals surface area contributed by atoms with Crippen LogP contribution in [0.3, 0.4) is 0 Å². The molecular formula is C16H23NO5. The second-order valence-electron chi connectivity index (χ2n) is 4.90. The SMILES string of the molecule is CCCC(CNC(=O)c1cccc(OCCOC)c1)C(=O)O. The van der Waals surface area contributed by atoms with Crippen LogP contribution in [0.5, 0.6) is 5.75 Å². The molecule has 0 saturated heterocycles.